The van der Waals surface area contributed by atoms with Crippen LogP contribution in [0.25, 0.3) is 12.2 Å². The highest BCUT2D eigenvalue weighted by atomic mass is 14.6. The Morgan fingerprint density at radius 2 is 1.44 bits per heavy atom. The van der Waals surface area contributed by atoms with E-state index in [1.807, 2.05) is 48.5 Å². The summed E-state index contributed by atoms with van der Waals surface area (Å²) < 4.78 is 0. The largest absolute Gasteiger partial charge is 0.264 e. The second kappa shape index (κ2) is 7.18. The maximum absolute atomic E-state index is 3.88. The summed E-state index contributed by atoms with van der Waals surface area (Å²) in [6.07, 6.45) is 7.12. The van der Waals surface area contributed by atoms with E-state index in [1.54, 1.807) is 18.5 Å². The molecule has 0 unspecified atom stereocenters. The van der Waals surface area contributed by atoms with Crippen molar-refractivity contribution >= 4 is 12.2 Å². The highest BCUT2D eigenvalue weighted by Crippen LogP contribution is 1.97. The SMILES string of the molecule is C=Cc1ccccc1.C=Cc1cccnc1. The summed E-state index contributed by atoms with van der Waals surface area (Å²) in [7, 11) is 0. The molecular formula is C15H15N. The van der Waals surface area contributed by atoms with Gasteiger partial charge >= 0.3 is 0 Å². The molecule has 0 aliphatic rings. The molecule has 2 aromatic rings. The van der Waals surface area contributed by atoms with Crippen LogP contribution >= 0.6 is 0 Å². The zero-order valence-corrected chi connectivity index (χ0v) is 9.21. The van der Waals surface area contributed by atoms with Crippen LogP contribution in [-0.2, 0) is 0 Å². The molecule has 1 heterocycles. The first-order valence-electron chi connectivity index (χ1n) is 5.06. The number of pyridine rings is 1. The molecule has 0 N–H and O–H groups in total. The van der Waals surface area contributed by atoms with Gasteiger partial charge in [0.15, 0.2) is 0 Å². The molecule has 1 aromatic heterocycles. The van der Waals surface area contributed by atoms with Crippen molar-refractivity contribution in [2.75, 3.05) is 0 Å². The lowest BCUT2D eigenvalue weighted by Crippen LogP contribution is -1.70. The van der Waals surface area contributed by atoms with Crippen LogP contribution in [-0.4, -0.2) is 4.98 Å². The standard InChI is InChI=1S/C8H8.C7H7N/c1-2-8-6-4-3-5-7-8;1-2-7-4-3-5-8-6-7/h2-7H,1H2;2-6H,1H2. The molecule has 0 bridgehead atoms. The van der Waals surface area contributed by atoms with E-state index >= 15 is 0 Å². The highest BCUT2D eigenvalue weighted by molar-refractivity contribution is 5.45. The molecule has 1 nitrogen and oxygen atoms in total. The quantitative estimate of drug-likeness (QED) is 0.727. The fourth-order valence-corrected chi connectivity index (χ4v) is 1.09. The van der Waals surface area contributed by atoms with Crippen LogP contribution in [0.1, 0.15) is 11.1 Å². The summed E-state index contributed by atoms with van der Waals surface area (Å²) in [5, 5.41) is 0. The van der Waals surface area contributed by atoms with Gasteiger partial charge < -0.3 is 0 Å². The fourth-order valence-electron chi connectivity index (χ4n) is 1.09. The molecule has 0 saturated carbocycles. The van der Waals surface area contributed by atoms with Crippen molar-refractivity contribution in [3.05, 3.63) is 79.1 Å². The minimum atomic E-state index is 1.06. The molecule has 0 radical (unpaired) electrons. The van der Waals surface area contributed by atoms with E-state index in [4.69, 9.17) is 0 Å². The Kier molecular flexibility index (Phi) is 5.35. The average molecular weight is 209 g/mol. The number of hydrogen-bond donors (Lipinski definition) is 0. The van der Waals surface area contributed by atoms with Crippen molar-refractivity contribution in [3.8, 4) is 0 Å². The van der Waals surface area contributed by atoms with E-state index in [0.29, 0.717) is 0 Å². The van der Waals surface area contributed by atoms with Gasteiger partial charge in [0.2, 0.25) is 0 Å². The number of aromatic nitrogens is 1. The minimum Gasteiger partial charge on any atom is -0.264 e. The van der Waals surface area contributed by atoms with Gasteiger partial charge in [-0.3, -0.25) is 4.98 Å². The zero-order valence-electron chi connectivity index (χ0n) is 9.21. The molecule has 0 aliphatic carbocycles. The summed E-state index contributed by atoms with van der Waals surface area (Å²) in [4.78, 5) is 3.88. The summed E-state index contributed by atoms with van der Waals surface area (Å²) in [5.74, 6) is 0. The summed E-state index contributed by atoms with van der Waals surface area (Å²) in [5.41, 5.74) is 2.24. The number of benzene rings is 1. The Balaban J connectivity index is 0.000000160. The van der Waals surface area contributed by atoms with Gasteiger partial charge in [0.25, 0.3) is 0 Å². The molecule has 80 valence electrons. The Morgan fingerprint density at radius 3 is 1.81 bits per heavy atom. The number of rotatable bonds is 2. The Hall–Kier alpha value is -2.15. The predicted octanol–water partition coefficient (Wildman–Crippen LogP) is 4.05. The van der Waals surface area contributed by atoms with Gasteiger partial charge in [-0.2, -0.15) is 0 Å². The van der Waals surface area contributed by atoms with Crippen molar-refractivity contribution in [1.29, 1.82) is 0 Å². The molecule has 2 rings (SSSR count). The van der Waals surface area contributed by atoms with Crippen molar-refractivity contribution in [2.45, 2.75) is 0 Å². The van der Waals surface area contributed by atoms with Crippen molar-refractivity contribution in [2.24, 2.45) is 0 Å². The third-order valence-electron chi connectivity index (χ3n) is 1.96. The van der Waals surface area contributed by atoms with Gasteiger partial charge in [-0.1, -0.05) is 61.7 Å². The molecule has 0 amide bonds. The predicted molar refractivity (Wildman–Crippen MR) is 70.9 cm³/mol. The van der Waals surface area contributed by atoms with E-state index < -0.39 is 0 Å². The van der Waals surface area contributed by atoms with Crippen molar-refractivity contribution in [3.63, 3.8) is 0 Å². The van der Waals surface area contributed by atoms with Crippen LogP contribution in [0.4, 0.5) is 0 Å². The first-order valence-corrected chi connectivity index (χ1v) is 5.06. The molecule has 0 saturated heterocycles. The second-order valence-electron chi connectivity index (χ2n) is 3.11. The maximum Gasteiger partial charge on any atom is 0.0340 e. The topological polar surface area (TPSA) is 12.9 Å². The second-order valence-corrected chi connectivity index (χ2v) is 3.11. The van der Waals surface area contributed by atoms with Gasteiger partial charge in [0.05, 0.1) is 0 Å². The Bertz CT molecular complexity index is 374. The van der Waals surface area contributed by atoms with E-state index in [9.17, 15) is 0 Å². The smallest absolute Gasteiger partial charge is 0.0340 e. The third kappa shape index (κ3) is 4.38. The first-order chi connectivity index (χ1) is 7.86. The molecule has 0 spiro atoms. The van der Waals surface area contributed by atoms with E-state index in [-0.39, 0.29) is 0 Å². The highest BCUT2D eigenvalue weighted by Gasteiger charge is 1.77. The fraction of sp³-hybridized carbons (Fsp3) is 0. The Labute approximate surface area is 96.8 Å². The Morgan fingerprint density at radius 1 is 0.812 bits per heavy atom. The van der Waals surface area contributed by atoms with Gasteiger partial charge in [0, 0.05) is 12.4 Å². The number of nitrogens with zero attached hydrogens (tertiary/aromatic N) is 1. The lowest BCUT2D eigenvalue weighted by molar-refractivity contribution is 1.32. The van der Waals surface area contributed by atoms with Gasteiger partial charge in [-0.05, 0) is 17.2 Å². The average Bonchev–Trinajstić information content (AvgIpc) is 2.41. The summed E-state index contributed by atoms with van der Waals surface area (Å²) >= 11 is 0. The molecule has 0 aliphatic heterocycles. The normalized spacial score (nSPS) is 8.50. The monoisotopic (exact) mass is 209 g/mol. The van der Waals surface area contributed by atoms with Crippen LogP contribution in [0, 0.1) is 0 Å². The van der Waals surface area contributed by atoms with Gasteiger partial charge in [-0.15, -0.1) is 0 Å². The summed E-state index contributed by atoms with van der Waals surface area (Å²) in [6, 6.07) is 13.9. The van der Waals surface area contributed by atoms with Gasteiger partial charge in [-0.25, -0.2) is 0 Å². The van der Waals surface area contributed by atoms with Crippen molar-refractivity contribution < 1.29 is 0 Å². The molecule has 1 aromatic carbocycles. The zero-order chi connectivity index (χ0) is 11.6. The van der Waals surface area contributed by atoms with Crippen molar-refractivity contribution in [1.82, 2.24) is 4.98 Å². The maximum atomic E-state index is 3.88. The van der Waals surface area contributed by atoms with Crippen LogP contribution in [0.15, 0.2) is 68.0 Å². The minimum absolute atomic E-state index is 1.06. The summed E-state index contributed by atoms with van der Waals surface area (Å²) in [6.45, 7) is 7.22. The molecule has 1 heteroatoms. The van der Waals surface area contributed by atoms with E-state index in [2.05, 4.69) is 18.1 Å². The van der Waals surface area contributed by atoms with E-state index in [0.717, 1.165) is 5.56 Å². The third-order valence-corrected chi connectivity index (χ3v) is 1.96. The van der Waals surface area contributed by atoms with Gasteiger partial charge in [0.1, 0.15) is 0 Å². The van der Waals surface area contributed by atoms with Crippen LogP contribution in [0.5, 0.6) is 0 Å². The molecule has 0 fully saturated rings. The molecule has 16 heavy (non-hydrogen) atoms. The molecular weight excluding hydrogens is 194 g/mol. The lowest BCUT2D eigenvalue weighted by atomic mass is 10.2. The number of hydrogen-bond acceptors (Lipinski definition) is 1. The lowest BCUT2D eigenvalue weighted by Gasteiger charge is -1.85. The first kappa shape index (κ1) is 11.9. The van der Waals surface area contributed by atoms with Crippen LogP contribution < -0.4 is 0 Å². The van der Waals surface area contributed by atoms with Crippen LogP contribution in [0.3, 0.4) is 0 Å². The van der Waals surface area contributed by atoms with Crippen LogP contribution in [0.2, 0.25) is 0 Å². The van der Waals surface area contributed by atoms with E-state index in [1.165, 1.54) is 5.56 Å². The molecule has 0 atom stereocenters.